The Morgan fingerprint density at radius 3 is 2.68 bits per heavy atom. The van der Waals surface area contributed by atoms with Gasteiger partial charge >= 0.3 is 0 Å². The molecule has 0 atom stereocenters. The second-order valence-corrected chi connectivity index (χ2v) is 7.03. The van der Waals surface area contributed by atoms with Gasteiger partial charge < -0.3 is 14.5 Å². The molecular weight excluding hydrogens is 370 g/mol. The lowest BCUT2D eigenvalue weighted by Gasteiger charge is -2.12. The fraction of sp³-hybridized carbons (Fsp3) is 0.0909. The Balaban J connectivity index is 1.52. The van der Waals surface area contributed by atoms with Crippen LogP contribution in [0.1, 0.15) is 11.1 Å². The number of nitrogens with zero attached hydrogens (tertiary/aromatic N) is 2. The highest BCUT2D eigenvalue weighted by molar-refractivity contribution is 7.13. The fourth-order valence-electron chi connectivity index (χ4n) is 2.80. The molecule has 0 radical (unpaired) electrons. The number of imidazole rings is 1. The van der Waals surface area contributed by atoms with Crippen LogP contribution in [0.3, 0.4) is 0 Å². The van der Waals surface area contributed by atoms with Crippen LogP contribution < -0.4 is 9.47 Å². The van der Waals surface area contributed by atoms with E-state index in [0.29, 0.717) is 23.7 Å². The van der Waals surface area contributed by atoms with Crippen molar-refractivity contribution in [2.45, 2.75) is 6.61 Å². The lowest BCUT2D eigenvalue weighted by atomic mass is 10.1. The van der Waals surface area contributed by atoms with Crippen LogP contribution in [0.15, 0.2) is 66.2 Å². The molecule has 0 bridgehead atoms. The molecule has 1 N–H and O–H groups in total. The number of thiophene rings is 1. The molecule has 0 saturated carbocycles. The first kappa shape index (κ1) is 17.8. The lowest BCUT2D eigenvalue weighted by molar-refractivity contribution is 0.284. The number of aromatic amines is 1. The average Bonchev–Trinajstić information content (AvgIpc) is 3.44. The number of hydrogen-bond donors (Lipinski definition) is 1. The normalized spacial score (nSPS) is 10.4. The molecule has 28 heavy (non-hydrogen) atoms. The van der Waals surface area contributed by atoms with Gasteiger partial charge in [-0.05, 0) is 47.3 Å². The monoisotopic (exact) mass is 387 g/mol. The molecule has 0 aliphatic carbocycles. The Morgan fingerprint density at radius 1 is 1.11 bits per heavy atom. The molecule has 0 amide bonds. The molecule has 2 aromatic heterocycles. The highest BCUT2D eigenvalue weighted by Crippen LogP contribution is 2.33. The maximum atomic E-state index is 8.88. The molecule has 0 spiro atoms. The largest absolute Gasteiger partial charge is 0.493 e. The summed E-state index contributed by atoms with van der Waals surface area (Å²) < 4.78 is 11.4. The molecule has 2 aromatic carbocycles. The molecule has 0 saturated heterocycles. The van der Waals surface area contributed by atoms with Crippen molar-refractivity contribution in [1.29, 1.82) is 5.26 Å². The van der Waals surface area contributed by atoms with Crippen molar-refractivity contribution in [2.24, 2.45) is 0 Å². The van der Waals surface area contributed by atoms with Gasteiger partial charge in [0.25, 0.3) is 0 Å². The minimum Gasteiger partial charge on any atom is -0.493 e. The standard InChI is InChI=1S/C22H17N3O2S/c1-26-20-11-17(18-13-24-22(25-18)21-3-2-10-28-21)8-9-19(20)27-14-16-6-4-15(12-23)5-7-16/h2-11,13H,14H2,1H3,(H,24,25). The molecule has 5 nitrogen and oxygen atoms in total. The van der Waals surface area contributed by atoms with E-state index in [0.717, 1.165) is 27.5 Å². The van der Waals surface area contributed by atoms with Crippen molar-refractivity contribution >= 4 is 11.3 Å². The fourth-order valence-corrected chi connectivity index (χ4v) is 3.47. The zero-order chi connectivity index (χ0) is 19.3. The van der Waals surface area contributed by atoms with Crippen molar-refractivity contribution < 1.29 is 9.47 Å². The third kappa shape index (κ3) is 3.75. The van der Waals surface area contributed by atoms with Gasteiger partial charge in [0.2, 0.25) is 0 Å². The van der Waals surface area contributed by atoms with Crippen LogP contribution in [0.5, 0.6) is 11.5 Å². The summed E-state index contributed by atoms with van der Waals surface area (Å²) >= 11 is 1.65. The zero-order valence-electron chi connectivity index (χ0n) is 15.2. The second kappa shape index (κ2) is 7.99. The Hall–Kier alpha value is -3.56. The Bertz CT molecular complexity index is 1110. The topological polar surface area (TPSA) is 70.9 Å². The van der Waals surface area contributed by atoms with E-state index in [1.54, 1.807) is 30.6 Å². The second-order valence-electron chi connectivity index (χ2n) is 6.09. The lowest BCUT2D eigenvalue weighted by Crippen LogP contribution is -1.98. The Morgan fingerprint density at radius 2 is 1.96 bits per heavy atom. The summed E-state index contributed by atoms with van der Waals surface area (Å²) in [4.78, 5) is 8.91. The third-order valence-corrected chi connectivity index (χ3v) is 5.16. The first-order valence-electron chi connectivity index (χ1n) is 8.66. The molecule has 0 unspecified atom stereocenters. The molecule has 4 aromatic rings. The van der Waals surface area contributed by atoms with Crippen molar-refractivity contribution in [3.8, 4) is 39.5 Å². The smallest absolute Gasteiger partial charge is 0.161 e. The number of methoxy groups -OCH3 is 1. The van der Waals surface area contributed by atoms with Gasteiger partial charge in [0.15, 0.2) is 11.5 Å². The molecular formula is C22H17N3O2S. The summed E-state index contributed by atoms with van der Waals surface area (Å²) in [6.45, 7) is 0.397. The first-order valence-corrected chi connectivity index (χ1v) is 9.54. The van der Waals surface area contributed by atoms with E-state index in [-0.39, 0.29) is 0 Å². The van der Waals surface area contributed by atoms with Crippen molar-refractivity contribution in [1.82, 2.24) is 9.97 Å². The van der Waals surface area contributed by atoms with E-state index in [1.807, 2.05) is 54.0 Å². The van der Waals surface area contributed by atoms with Crippen LogP contribution in [-0.2, 0) is 6.61 Å². The SMILES string of the molecule is COc1cc(-c2cnc(-c3cccs3)[nH]2)ccc1OCc1ccc(C#N)cc1. The van der Waals surface area contributed by atoms with Crippen LogP contribution in [0.2, 0.25) is 0 Å². The van der Waals surface area contributed by atoms with Crippen molar-refractivity contribution in [3.05, 3.63) is 77.3 Å². The average molecular weight is 387 g/mol. The number of ether oxygens (including phenoxy) is 2. The van der Waals surface area contributed by atoms with Crippen LogP contribution in [0.25, 0.3) is 22.0 Å². The minimum absolute atomic E-state index is 0.397. The van der Waals surface area contributed by atoms with Gasteiger partial charge in [-0.2, -0.15) is 5.26 Å². The molecule has 2 heterocycles. The highest BCUT2D eigenvalue weighted by atomic mass is 32.1. The van der Waals surface area contributed by atoms with Crippen molar-refractivity contribution in [2.75, 3.05) is 7.11 Å². The Kier molecular flexibility index (Phi) is 5.09. The quantitative estimate of drug-likeness (QED) is 0.490. The predicted molar refractivity (Wildman–Crippen MR) is 109 cm³/mol. The van der Waals surface area contributed by atoms with Gasteiger partial charge in [-0.25, -0.2) is 4.98 Å². The summed E-state index contributed by atoms with van der Waals surface area (Å²) in [6, 6.07) is 19.3. The summed E-state index contributed by atoms with van der Waals surface area (Å²) in [7, 11) is 1.62. The van der Waals surface area contributed by atoms with E-state index < -0.39 is 0 Å². The number of aromatic nitrogens is 2. The predicted octanol–water partition coefficient (Wildman–Crippen LogP) is 5.26. The van der Waals surface area contributed by atoms with Gasteiger partial charge in [-0.1, -0.05) is 18.2 Å². The summed E-state index contributed by atoms with van der Waals surface area (Å²) in [6.07, 6.45) is 1.82. The minimum atomic E-state index is 0.397. The molecule has 0 fully saturated rings. The van der Waals surface area contributed by atoms with E-state index in [1.165, 1.54) is 0 Å². The van der Waals surface area contributed by atoms with Crippen LogP contribution in [0, 0.1) is 11.3 Å². The summed E-state index contributed by atoms with van der Waals surface area (Å²) in [5.41, 5.74) is 3.50. The maximum absolute atomic E-state index is 8.88. The molecule has 4 rings (SSSR count). The third-order valence-electron chi connectivity index (χ3n) is 4.28. The van der Waals surface area contributed by atoms with Gasteiger partial charge in [-0.15, -0.1) is 11.3 Å². The maximum Gasteiger partial charge on any atom is 0.161 e. The van der Waals surface area contributed by atoms with Crippen LogP contribution in [0.4, 0.5) is 0 Å². The molecule has 138 valence electrons. The molecule has 6 heteroatoms. The highest BCUT2D eigenvalue weighted by Gasteiger charge is 2.11. The van der Waals surface area contributed by atoms with Gasteiger partial charge in [-0.3, -0.25) is 0 Å². The van der Waals surface area contributed by atoms with Crippen LogP contribution >= 0.6 is 11.3 Å². The number of hydrogen-bond acceptors (Lipinski definition) is 5. The zero-order valence-corrected chi connectivity index (χ0v) is 16.0. The van der Waals surface area contributed by atoms with E-state index >= 15 is 0 Å². The van der Waals surface area contributed by atoms with Crippen molar-refractivity contribution in [3.63, 3.8) is 0 Å². The number of H-pyrrole nitrogens is 1. The summed E-state index contributed by atoms with van der Waals surface area (Å²) in [5.74, 6) is 2.16. The van der Waals surface area contributed by atoms with Gasteiger partial charge in [0, 0.05) is 5.56 Å². The molecule has 0 aliphatic heterocycles. The van der Waals surface area contributed by atoms with Gasteiger partial charge in [0.05, 0.1) is 35.5 Å². The number of nitriles is 1. The number of rotatable bonds is 6. The van der Waals surface area contributed by atoms with Gasteiger partial charge in [0.1, 0.15) is 12.4 Å². The van der Waals surface area contributed by atoms with Crippen LogP contribution in [-0.4, -0.2) is 17.1 Å². The van der Waals surface area contributed by atoms with E-state index in [9.17, 15) is 0 Å². The Labute approximate surface area is 166 Å². The number of nitrogens with one attached hydrogen (secondary N) is 1. The first-order chi connectivity index (χ1) is 13.8. The van der Waals surface area contributed by atoms with E-state index in [2.05, 4.69) is 16.0 Å². The number of benzene rings is 2. The van der Waals surface area contributed by atoms with E-state index in [4.69, 9.17) is 14.7 Å². The molecule has 0 aliphatic rings. The summed E-state index contributed by atoms with van der Waals surface area (Å²) in [5, 5.41) is 10.9.